The number of hydrogen-bond donors (Lipinski definition) is 1. The van der Waals surface area contributed by atoms with E-state index in [-0.39, 0.29) is 12.0 Å². The third-order valence-corrected chi connectivity index (χ3v) is 4.12. The smallest absolute Gasteiger partial charge is 0.410 e. The van der Waals surface area contributed by atoms with E-state index in [0.29, 0.717) is 32.7 Å². The molecule has 0 radical (unpaired) electrons. The maximum absolute atomic E-state index is 12.0. The second-order valence-corrected chi connectivity index (χ2v) is 7.57. The zero-order valence-electron chi connectivity index (χ0n) is 16.6. The van der Waals surface area contributed by atoms with Crippen LogP contribution in [-0.2, 0) is 9.53 Å². The molecule has 0 unspecified atom stereocenters. The lowest BCUT2D eigenvalue weighted by molar-refractivity contribution is -0.121. The van der Waals surface area contributed by atoms with Gasteiger partial charge in [-0.1, -0.05) is 18.2 Å². The summed E-state index contributed by atoms with van der Waals surface area (Å²) in [6.45, 7) is 10.2. The van der Waals surface area contributed by atoms with Crippen molar-refractivity contribution in [3.05, 3.63) is 30.3 Å². The van der Waals surface area contributed by atoms with E-state index in [2.05, 4.69) is 10.2 Å². The molecule has 7 heteroatoms. The largest absolute Gasteiger partial charge is 0.493 e. The molecule has 7 nitrogen and oxygen atoms in total. The van der Waals surface area contributed by atoms with Gasteiger partial charge in [0.1, 0.15) is 11.4 Å². The summed E-state index contributed by atoms with van der Waals surface area (Å²) in [7, 11) is 0. The molecule has 1 fully saturated rings. The van der Waals surface area contributed by atoms with E-state index in [1.165, 1.54) is 0 Å². The second kappa shape index (κ2) is 10.2. The topological polar surface area (TPSA) is 71.1 Å². The molecule has 0 bridgehead atoms. The van der Waals surface area contributed by atoms with Gasteiger partial charge in [0.05, 0.1) is 13.0 Å². The van der Waals surface area contributed by atoms with Crippen molar-refractivity contribution in [3.63, 3.8) is 0 Å². The Hall–Kier alpha value is -2.28. The van der Waals surface area contributed by atoms with E-state index in [1.54, 1.807) is 4.90 Å². The Morgan fingerprint density at radius 1 is 1.07 bits per heavy atom. The number of carbonyl (C=O) groups is 2. The predicted molar refractivity (Wildman–Crippen MR) is 104 cm³/mol. The molecule has 0 aromatic heterocycles. The van der Waals surface area contributed by atoms with E-state index >= 15 is 0 Å². The first-order valence-electron chi connectivity index (χ1n) is 9.48. The van der Waals surface area contributed by atoms with Crippen LogP contribution in [0.25, 0.3) is 0 Å². The summed E-state index contributed by atoms with van der Waals surface area (Å²) < 4.78 is 10.9. The summed E-state index contributed by atoms with van der Waals surface area (Å²) in [6.07, 6.45) is 0.0790. The fourth-order valence-electron chi connectivity index (χ4n) is 2.70. The van der Waals surface area contributed by atoms with Crippen molar-refractivity contribution in [2.75, 3.05) is 45.9 Å². The van der Waals surface area contributed by atoms with Crippen LogP contribution in [0.3, 0.4) is 0 Å². The third-order valence-electron chi connectivity index (χ3n) is 4.12. The molecule has 27 heavy (non-hydrogen) atoms. The van der Waals surface area contributed by atoms with Crippen molar-refractivity contribution < 1.29 is 19.1 Å². The van der Waals surface area contributed by atoms with Gasteiger partial charge in [0.25, 0.3) is 0 Å². The van der Waals surface area contributed by atoms with Crippen molar-refractivity contribution in [2.45, 2.75) is 32.8 Å². The molecule has 1 aromatic carbocycles. The SMILES string of the molecule is CC(C)(C)OC(=O)N1CCN(CCNC(=O)CCOc2ccccc2)CC1. The van der Waals surface area contributed by atoms with Gasteiger partial charge in [0.15, 0.2) is 0 Å². The molecule has 2 amide bonds. The average molecular weight is 377 g/mol. The number of rotatable bonds is 7. The molecule has 0 atom stereocenters. The van der Waals surface area contributed by atoms with Crippen LogP contribution in [0.5, 0.6) is 5.75 Å². The highest BCUT2D eigenvalue weighted by Crippen LogP contribution is 2.11. The first kappa shape index (κ1) is 21.0. The number of amides is 2. The highest BCUT2D eigenvalue weighted by Gasteiger charge is 2.25. The first-order chi connectivity index (χ1) is 12.8. The number of hydrogen-bond acceptors (Lipinski definition) is 5. The van der Waals surface area contributed by atoms with Crippen molar-refractivity contribution in [1.82, 2.24) is 15.1 Å². The Bertz CT molecular complexity index is 593. The number of carbonyl (C=O) groups excluding carboxylic acids is 2. The Kier molecular flexibility index (Phi) is 7.91. The molecule has 1 aromatic rings. The maximum atomic E-state index is 12.0. The molecule has 1 N–H and O–H groups in total. The summed E-state index contributed by atoms with van der Waals surface area (Å²) in [6, 6.07) is 9.46. The van der Waals surface area contributed by atoms with E-state index < -0.39 is 5.60 Å². The quantitative estimate of drug-likeness (QED) is 0.788. The lowest BCUT2D eigenvalue weighted by Gasteiger charge is -2.35. The van der Waals surface area contributed by atoms with Gasteiger partial charge in [0.2, 0.25) is 5.91 Å². The zero-order valence-corrected chi connectivity index (χ0v) is 16.6. The van der Waals surface area contributed by atoms with Crippen molar-refractivity contribution >= 4 is 12.0 Å². The maximum Gasteiger partial charge on any atom is 0.410 e. The van der Waals surface area contributed by atoms with Crippen molar-refractivity contribution in [3.8, 4) is 5.75 Å². The molecule has 1 heterocycles. The van der Waals surface area contributed by atoms with Crippen LogP contribution in [0.1, 0.15) is 27.2 Å². The number of nitrogens with zero attached hydrogens (tertiary/aromatic N) is 2. The molecular formula is C20H31N3O4. The molecule has 0 spiro atoms. The summed E-state index contributed by atoms with van der Waals surface area (Å²) in [5.74, 6) is 0.756. The van der Waals surface area contributed by atoms with Crippen LogP contribution in [0.2, 0.25) is 0 Å². The van der Waals surface area contributed by atoms with Gasteiger partial charge < -0.3 is 19.7 Å². The molecule has 0 aliphatic carbocycles. The highest BCUT2D eigenvalue weighted by atomic mass is 16.6. The fraction of sp³-hybridized carbons (Fsp3) is 0.600. The monoisotopic (exact) mass is 377 g/mol. The number of ether oxygens (including phenoxy) is 2. The number of piperazine rings is 1. The van der Waals surface area contributed by atoms with Crippen LogP contribution in [-0.4, -0.2) is 73.3 Å². The lowest BCUT2D eigenvalue weighted by Crippen LogP contribution is -2.51. The standard InChI is InChI=1S/C20H31N3O4/c1-20(2,3)27-19(25)23-14-12-22(13-15-23)11-10-21-18(24)9-16-26-17-7-5-4-6-8-17/h4-8H,9-16H2,1-3H3,(H,21,24). The fourth-order valence-corrected chi connectivity index (χ4v) is 2.70. The number of benzene rings is 1. The van der Waals surface area contributed by atoms with Gasteiger partial charge in [-0.2, -0.15) is 0 Å². The summed E-state index contributed by atoms with van der Waals surface area (Å²) in [5, 5.41) is 2.92. The Balaban J connectivity index is 1.55. The van der Waals surface area contributed by atoms with Crippen molar-refractivity contribution in [2.24, 2.45) is 0 Å². The molecule has 1 saturated heterocycles. The van der Waals surface area contributed by atoms with Crippen LogP contribution in [0.15, 0.2) is 30.3 Å². The zero-order chi connectivity index (χ0) is 19.7. The predicted octanol–water partition coefficient (Wildman–Crippen LogP) is 2.12. The normalized spacial score (nSPS) is 15.3. The molecule has 1 aliphatic rings. The van der Waals surface area contributed by atoms with Gasteiger partial charge in [-0.15, -0.1) is 0 Å². The number of para-hydroxylation sites is 1. The van der Waals surface area contributed by atoms with Crippen LogP contribution in [0, 0.1) is 0 Å². The molecule has 150 valence electrons. The first-order valence-corrected chi connectivity index (χ1v) is 9.48. The van der Waals surface area contributed by atoms with Gasteiger partial charge in [-0.05, 0) is 32.9 Å². The van der Waals surface area contributed by atoms with Gasteiger partial charge in [-0.25, -0.2) is 4.79 Å². The van der Waals surface area contributed by atoms with Gasteiger partial charge in [0, 0.05) is 39.3 Å². The molecular weight excluding hydrogens is 346 g/mol. The number of nitrogens with one attached hydrogen (secondary N) is 1. The third kappa shape index (κ3) is 8.30. The molecule has 2 rings (SSSR count). The van der Waals surface area contributed by atoms with Crippen LogP contribution >= 0.6 is 0 Å². The Morgan fingerprint density at radius 3 is 2.37 bits per heavy atom. The summed E-state index contributed by atoms with van der Waals surface area (Å²) >= 11 is 0. The second-order valence-electron chi connectivity index (χ2n) is 7.57. The minimum Gasteiger partial charge on any atom is -0.493 e. The molecule has 1 aliphatic heterocycles. The van der Waals surface area contributed by atoms with Gasteiger partial charge in [-0.3, -0.25) is 9.69 Å². The van der Waals surface area contributed by atoms with Crippen LogP contribution < -0.4 is 10.1 Å². The Morgan fingerprint density at radius 2 is 1.74 bits per heavy atom. The van der Waals surface area contributed by atoms with E-state index in [9.17, 15) is 9.59 Å². The van der Waals surface area contributed by atoms with Crippen LogP contribution in [0.4, 0.5) is 4.79 Å². The van der Waals surface area contributed by atoms with E-state index in [4.69, 9.17) is 9.47 Å². The average Bonchev–Trinajstić information content (AvgIpc) is 2.62. The lowest BCUT2D eigenvalue weighted by atomic mass is 10.2. The van der Waals surface area contributed by atoms with Gasteiger partial charge >= 0.3 is 6.09 Å². The summed E-state index contributed by atoms with van der Waals surface area (Å²) in [4.78, 5) is 27.9. The summed E-state index contributed by atoms with van der Waals surface area (Å²) in [5.41, 5.74) is -0.470. The van der Waals surface area contributed by atoms with E-state index in [0.717, 1.165) is 25.4 Å². The highest BCUT2D eigenvalue weighted by molar-refractivity contribution is 5.75. The van der Waals surface area contributed by atoms with E-state index in [1.807, 2.05) is 51.1 Å². The van der Waals surface area contributed by atoms with Crippen molar-refractivity contribution in [1.29, 1.82) is 0 Å². The Labute approximate surface area is 161 Å². The molecule has 0 saturated carbocycles. The minimum atomic E-state index is -0.470. The minimum absolute atomic E-state index is 0.0154.